The third kappa shape index (κ3) is 4.31. The van der Waals surface area contributed by atoms with Crippen molar-refractivity contribution in [1.82, 2.24) is 9.47 Å². The van der Waals surface area contributed by atoms with Gasteiger partial charge in [0.05, 0.1) is 12.6 Å². The molecule has 37 heavy (non-hydrogen) atoms. The van der Waals surface area contributed by atoms with E-state index in [0.29, 0.717) is 12.4 Å². The van der Waals surface area contributed by atoms with E-state index in [1.54, 1.807) is 18.9 Å². The molecule has 1 aromatic heterocycles. The zero-order valence-electron chi connectivity index (χ0n) is 20.2. The van der Waals surface area contributed by atoms with Crippen molar-refractivity contribution >= 4 is 17.7 Å². The number of amides is 1. The van der Waals surface area contributed by atoms with Gasteiger partial charge in [-0.15, -0.1) is 11.8 Å². The molecule has 5 rings (SSSR count). The van der Waals surface area contributed by atoms with Crippen LogP contribution in [0.5, 0.6) is 5.75 Å². The lowest BCUT2D eigenvalue weighted by Crippen LogP contribution is -2.54. The van der Waals surface area contributed by atoms with Crippen molar-refractivity contribution in [3.8, 4) is 5.75 Å². The molecule has 1 N–H and O–H groups in total. The Balaban J connectivity index is 1.81. The number of carbonyl (C=O) groups excluding carboxylic acids is 1. The van der Waals surface area contributed by atoms with Crippen molar-refractivity contribution in [3.63, 3.8) is 0 Å². The summed E-state index contributed by atoms with van der Waals surface area (Å²) >= 11 is 1.64. The fraction of sp³-hybridized carbons (Fsp3) is 0.333. The Kier molecular flexibility index (Phi) is 6.57. The van der Waals surface area contributed by atoms with E-state index in [0.717, 1.165) is 45.0 Å². The van der Waals surface area contributed by atoms with Gasteiger partial charge in [-0.2, -0.15) is 13.2 Å². The number of pyridine rings is 1. The van der Waals surface area contributed by atoms with Gasteiger partial charge in [0, 0.05) is 42.5 Å². The van der Waals surface area contributed by atoms with Crippen molar-refractivity contribution in [2.24, 2.45) is 0 Å². The summed E-state index contributed by atoms with van der Waals surface area (Å²) in [4.78, 5) is 27.3. The van der Waals surface area contributed by atoms with Crippen molar-refractivity contribution < 1.29 is 27.8 Å². The van der Waals surface area contributed by atoms with Crippen molar-refractivity contribution in [3.05, 3.63) is 92.9 Å². The topological polar surface area (TPSA) is 71.8 Å². The molecule has 10 heteroatoms. The number of benzene rings is 2. The molecule has 1 unspecified atom stereocenters. The monoisotopic (exact) mass is 530 g/mol. The minimum atomic E-state index is -4.69. The quantitative estimate of drug-likeness (QED) is 0.509. The SMILES string of the molecule is COCc1cccc2c1[C@H](C1CN([C@H](C)C(F)(F)F)C(=O)c3c(O)c(=O)ccn31)c1ccccc1SC2. The minimum Gasteiger partial charge on any atom is -0.503 e. The summed E-state index contributed by atoms with van der Waals surface area (Å²) in [6.07, 6.45) is -3.29. The zero-order valence-corrected chi connectivity index (χ0v) is 21.0. The fourth-order valence-electron chi connectivity index (χ4n) is 5.37. The second kappa shape index (κ2) is 9.57. The molecule has 194 valence electrons. The van der Waals surface area contributed by atoms with Gasteiger partial charge in [-0.3, -0.25) is 9.59 Å². The van der Waals surface area contributed by atoms with E-state index in [-0.39, 0.29) is 6.54 Å². The minimum absolute atomic E-state index is 0.265. The molecular weight excluding hydrogens is 505 g/mol. The predicted octanol–water partition coefficient (Wildman–Crippen LogP) is 5.09. The van der Waals surface area contributed by atoms with E-state index in [2.05, 4.69) is 0 Å². The highest BCUT2D eigenvalue weighted by molar-refractivity contribution is 7.98. The third-order valence-corrected chi connectivity index (χ3v) is 8.31. The first-order chi connectivity index (χ1) is 17.6. The Morgan fingerprint density at radius 1 is 1.14 bits per heavy atom. The lowest BCUT2D eigenvalue weighted by molar-refractivity contribution is -0.174. The molecule has 0 saturated carbocycles. The molecule has 1 amide bonds. The summed E-state index contributed by atoms with van der Waals surface area (Å²) in [7, 11) is 1.58. The molecule has 0 spiro atoms. The maximum atomic E-state index is 13.9. The summed E-state index contributed by atoms with van der Waals surface area (Å²) in [5, 5.41) is 10.6. The first-order valence-electron chi connectivity index (χ1n) is 11.8. The summed E-state index contributed by atoms with van der Waals surface area (Å²) in [5.74, 6) is -1.71. The van der Waals surface area contributed by atoms with Crippen LogP contribution in [-0.4, -0.2) is 46.4 Å². The number of thioether (sulfide) groups is 1. The number of nitrogens with zero attached hydrogens (tertiary/aromatic N) is 2. The molecule has 0 fully saturated rings. The molecule has 3 heterocycles. The van der Waals surface area contributed by atoms with Crippen LogP contribution < -0.4 is 5.43 Å². The Morgan fingerprint density at radius 3 is 2.62 bits per heavy atom. The Morgan fingerprint density at radius 2 is 1.89 bits per heavy atom. The molecule has 0 aliphatic carbocycles. The molecule has 2 aromatic carbocycles. The predicted molar refractivity (Wildman–Crippen MR) is 133 cm³/mol. The molecule has 2 aliphatic rings. The standard InChI is InChI=1S/C27H25F3N2O4S/c1-15(27(28,29)30)32-12-19(31-11-10-20(33)25(34)24(31)26(32)35)23-18-8-3-4-9-21(18)37-14-17-7-5-6-16(13-36-2)22(17)23/h3-11,15,19,23,34H,12-14H2,1-2H3/t15-,19?,23+/m1/s1. The lowest BCUT2D eigenvalue weighted by Gasteiger charge is -2.43. The van der Waals surface area contributed by atoms with Gasteiger partial charge in [-0.05, 0) is 35.2 Å². The molecular formula is C27H25F3N2O4S. The van der Waals surface area contributed by atoms with Gasteiger partial charge in [-0.1, -0.05) is 36.4 Å². The smallest absolute Gasteiger partial charge is 0.408 e. The van der Waals surface area contributed by atoms with Crippen LogP contribution in [0.1, 0.15) is 51.6 Å². The molecule has 6 nitrogen and oxygen atoms in total. The van der Waals surface area contributed by atoms with Gasteiger partial charge in [0.25, 0.3) is 5.91 Å². The Labute approximate surface area is 215 Å². The second-order valence-electron chi connectivity index (χ2n) is 9.25. The van der Waals surface area contributed by atoms with Crippen molar-refractivity contribution in [2.75, 3.05) is 13.7 Å². The number of ether oxygens (including phenoxy) is 1. The molecule has 2 aliphatic heterocycles. The molecule has 0 radical (unpaired) electrons. The normalized spacial score (nSPS) is 20.0. The van der Waals surface area contributed by atoms with Crippen LogP contribution >= 0.6 is 11.8 Å². The van der Waals surface area contributed by atoms with Gasteiger partial charge in [-0.25, -0.2) is 0 Å². The third-order valence-electron chi connectivity index (χ3n) is 7.17. The Bertz CT molecular complexity index is 1420. The fourth-order valence-corrected chi connectivity index (χ4v) is 6.47. The number of methoxy groups -OCH3 is 1. The number of rotatable bonds is 4. The highest BCUT2D eigenvalue weighted by Crippen LogP contribution is 2.49. The maximum absolute atomic E-state index is 13.9. The van der Waals surface area contributed by atoms with Crippen LogP contribution in [0.4, 0.5) is 13.2 Å². The van der Waals surface area contributed by atoms with Gasteiger partial charge >= 0.3 is 6.18 Å². The first kappa shape index (κ1) is 25.4. The van der Waals surface area contributed by atoms with E-state index >= 15 is 0 Å². The van der Waals surface area contributed by atoms with Crippen LogP contribution in [0.25, 0.3) is 0 Å². The number of alkyl halides is 3. The molecule has 0 bridgehead atoms. The number of carbonyl (C=O) groups is 1. The summed E-state index contributed by atoms with van der Waals surface area (Å²) in [6, 6.07) is 11.9. The van der Waals surface area contributed by atoms with E-state index in [4.69, 9.17) is 4.74 Å². The number of aromatic nitrogens is 1. The van der Waals surface area contributed by atoms with Gasteiger partial charge < -0.3 is 19.3 Å². The van der Waals surface area contributed by atoms with Gasteiger partial charge in [0.15, 0.2) is 11.4 Å². The number of hydrogen-bond acceptors (Lipinski definition) is 5. The number of aromatic hydroxyl groups is 1. The zero-order chi connectivity index (χ0) is 26.5. The van der Waals surface area contributed by atoms with Crippen LogP contribution in [-0.2, 0) is 17.1 Å². The largest absolute Gasteiger partial charge is 0.503 e. The molecule has 3 aromatic rings. The second-order valence-corrected chi connectivity index (χ2v) is 10.3. The van der Waals surface area contributed by atoms with Gasteiger partial charge in [0.1, 0.15) is 6.04 Å². The average molecular weight is 531 g/mol. The highest BCUT2D eigenvalue weighted by atomic mass is 32.2. The molecule has 3 atom stereocenters. The van der Waals surface area contributed by atoms with Crippen molar-refractivity contribution in [2.45, 2.75) is 48.4 Å². The van der Waals surface area contributed by atoms with Crippen LogP contribution in [0.2, 0.25) is 0 Å². The van der Waals surface area contributed by atoms with E-state index in [1.807, 2.05) is 42.5 Å². The Hall–Kier alpha value is -3.24. The maximum Gasteiger partial charge on any atom is 0.408 e. The van der Waals surface area contributed by atoms with Crippen LogP contribution in [0, 0.1) is 0 Å². The molecule has 0 saturated heterocycles. The first-order valence-corrected chi connectivity index (χ1v) is 12.7. The lowest BCUT2D eigenvalue weighted by atomic mass is 9.79. The van der Waals surface area contributed by atoms with E-state index in [9.17, 15) is 27.9 Å². The van der Waals surface area contributed by atoms with Crippen LogP contribution in [0.15, 0.2) is 64.4 Å². The summed E-state index contributed by atoms with van der Waals surface area (Å²) in [6.45, 7) is 0.951. The highest BCUT2D eigenvalue weighted by Gasteiger charge is 2.48. The summed E-state index contributed by atoms with van der Waals surface area (Å²) in [5.41, 5.74) is 2.47. The van der Waals surface area contributed by atoms with E-state index in [1.165, 1.54) is 10.8 Å². The number of fused-ring (bicyclic) bond motifs is 3. The van der Waals surface area contributed by atoms with Gasteiger partial charge in [0.2, 0.25) is 5.43 Å². The van der Waals surface area contributed by atoms with Crippen LogP contribution in [0.3, 0.4) is 0 Å². The summed E-state index contributed by atoms with van der Waals surface area (Å²) < 4.78 is 48.6. The van der Waals surface area contributed by atoms with E-state index < -0.39 is 47.0 Å². The average Bonchev–Trinajstić information content (AvgIpc) is 3.03. The number of halogens is 3. The number of hydrogen-bond donors (Lipinski definition) is 1. The van der Waals surface area contributed by atoms with Crippen molar-refractivity contribution in [1.29, 1.82) is 0 Å².